The molecule has 0 aliphatic heterocycles. The van der Waals surface area contributed by atoms with Crippen molar-refractivity contribution >= 4 is 10.9 Å². The molecule has 0 aliphatic rings. The van der Waals surface area contributed by atoms with E-state index in [0.29, 0.717) is 5.56 Å². The molecule has 0 amide bonds. The SMILES string of the molecule is C=CCc1ccc2c(C(F)(F)F)cccc2nc1=O. The molecule has 1 aromatic heterocycles. The summed E-state index contributed by atoms with van der Waals surface area (Å²) in [5.41, 5.74) is -0.971. The van der Waals surface area contributed by atoms with Crippen LogP contribution in [0.25, 0.3) is 10.9 Å². The molecule has 0 spiro atoms. The van der Waals surface area contributed by atoms with Gasteiger partial charge in [0.2, 0.25) is 0 Å². The molecule has 2 aromatic rings. The number of hydrogen-bond donors (Lipinski definition) is 0. The number of nitrogens with zero attached hydrogens (tertiary/aromatic N) is 1. The second kappa shape index (κ2) is 4.84. The Morgan fingerprint density at radius 2 is 1.95 bits per heavy atom. The molecular weight excluding hydrogens is 255 g/mol. The van der Waals surface area contributed by atoms with Crippen LogP contribution in [-0.4, -0.2) is 4.98 Å². The van der Waals surface area contributed by atoms with Gasteiger partial charge in [0.1, 0.15) is 0 Å². The Hall–Kier alpha value is -2.17. The fourth-order valence-corrected chi connectivity index (χ4v) is 1.82. The van der Waals surface area contributed by atoms with E-state index >= 15 is 0 Å². The molecule has 0 aliphatic carbocycles. The molecule has 98 valence electrons. The normalized spacial score (nSPS) is 11.5. The number of hydrogen-bond acceptors (Lipinski definition) is 2. The van der Waals surface area contributed by atoms with E-state index in [-0.39, 0.29) is 17.3 Å². The van der Waals surface area contributed by atoms with Gasteiger partial charge in [0.15, 0.2) is 0 Å². The molecule has 5 heteroatoms. The first kappa shape index (κ1) is 13.3. The van der Waals surface area contributed by atoms with E-state index in [0.717, 1.165) is 6.07 Å². The summed E-state index contributed by atoms with van der Waals surface area (Å²) < 4.78 is 38.6. The number of alkyl halides is 3. The average molecular weight is 265 g/mol. The van der Waals surface area contributed by atoms with Crippen molar-refractivity contribution < 1.29 is 13.2 Å². The first-order valence-corrected chi connectivity index (χ1v) is 5.54. The minimum atomic E-state index is -4.48. The highest BCUT2D eigenvalue weighted by Gasteiger charge is 2.32. The molecule has 0 bridgehead atoms. The van der Waals surface area contributed by atoms with E-state index in [1.54, 1.807) is 0 Å². The molecule has 1 heterocycles. The standard InChI is InChI=1S/C14H10F3NO/c1-2-4-9-7-8-10-11(14(15,16)17)5-3-6-12(10)18-13(9)19/h2-3,5-8H,1,4H2. The van der Waals surface area contributed by atoms with Crippen LogP contribution in [0.2, 0.25) is 0 Å². The van der Waals surface area contributed by atoms with Crippen molar-refractivity contribution in [3.63, 3.8) is 0 Å². The van der Waals surface area contributed by atoms with Crippen LogP contribution in [0.15, 0.2) is 47.8 Å². The van der Waals surface area contributed by atoms with E-state index in [1.807, 2.05) is 0 Å². The lowest BCUT2D eigenvalue weighted by Gasteiger charge is -2.07. The predicted octanol–water partition coefficient (Wildman–Crippen LogP) is 3.34. The lowest BCUT2D eigenvalue weighted by atomic mass is 10.1. The van der Waals surface area contributed by atoms with Gasteiger partial charge in [-0.25, -0.2) is 4.98 Å². The minimum Gasteiger partial charge on any atom is -0.267 e. The van der Waals surface area contributed by atoms with Gasteiger partial charge in [-0.3, -0.25) is 4.79 Å². The molecule has 19 heavy (non-hydrogen) atoms. The second-order valence-corrected chi connectivity index (χ2v) is 4.00. The van der Waals surface area contributed by atoms with E-state index < -0.39 is 17.3 Å². The molecule has 2 nitrogen and oxygen atoms in total. The monoisotopic (exact) mass is 265 g/mol. The van der Waals surface area contributed by atoms with Crippen molar-refractivity contribution in [2.45, 2.75) is 12.6 Å². The molecule has 0 fully saturated rings. The van der Waals surface area contributed by atoms with Crippen molar-refractivity contribution in [3.05, 3.63) is 64.5 Å². The Bertz CT molecular complexity index is 692. The molecule has 0 atom stereocenters. The van der Waals surface area contributed by atoms with Crippen molar-refractivity contribution in [1.29, 1.82) is 0 Å². The summed E-state index contributed by atoms with van der Waals surface area (Å²) in [7, 11) is 0. The van der Waals surface area contributed by atoms with Crippen molar-refractivity contribution in [2.24, 2.45) is 0 Å². The third-order valence-corrected chi connectivity index (χ3v) is 2.70. The predicted molar refractivity (Wildman–Crippen MR) is 66.9 cm³/mol. The van der Waals surface area contributed by atoms with Crippen LogP contribution < -0.4 is 5.56 Å². The maximum absolute atomic E-state index is 12.9. The van der Waals surface area contributed by atoms with Crippen molar-refractivity contribution in [2.75, 3.05) is 0 Å². The summed E-state index contributed by atoms with van der Waals surface area (Å²) in [6, 6.07) is 6.26. The van der Waals surface area contributed by atoms with Gasteiger partial charge >= 0.3 is 6.18 Å². The zero-order valence-corrected chi connectivity index (χ0v) is 9.87. The topological polar surface area (TPSA) is 30.0 Å². The summed E-state index contributed by atoms with van der Waals surface area (Å²) >= 11 is 0. The zero-order chi connectivity index (χ0) is 14.0. The third-order valence-electron chi connectivity index (χ3n) is 2.70. The van der Waals surface area contributed by atoms with Gasteiger partial charge in [0.25, 0.3) is 5.56 Å². The van der Waals surface area contributed by atoms with Crippen LogP contribution in [0.1, 0.15) is 11.1 Å². The fraction of sp³-hybridized carbons (Fsp3) is 0.143. The summed E-state index contributed by atoms with van der Waals surface area (Å²) in [5.74, 6) is 0. The largest absolute Gasteiger partial charge is 0.417 e. The number of rotatable bonds is 2. The number of aromatic nitrogens is 1. The highest BCUT2D eigenvalue weighted by Crippen LogP contribution is 2.33. The molecular formula is C14H10F3NO. The minimum absolute atomic E-state index is 0.0372. The maximum atomic E-state index is 12.9. The van der Waals surface area contributed by atoms with Gasteiger partial charge in [-0.15, -0.1) is 6.58 Å². The van der Waals surface area contributed by atoms with Gasteiger partial charge in [-0.1, -0.05) is 24.3 Å². The molecule has 0 saturated heterocycles. The summed E-state index contributed by atoms with van der Waals surface area (Å²) in [6.45, 7) is 3.50. The number of fused-ring (bicyclic) bond motifs is 1. The first-order valence-electron chi connectivity index (χ1n) is 5.54. The van der Waals surface area contributed by atoms with Gasteiger partial charge in [-0.05, 0) is 18.6 Å². The summed E-state index contributed by atoms with van der Waals surface area (Å²) in [5, 5.41) is -0.0811. The summed E-state index contributed by atoms with van der Waals surface area (Å²) in [6.07, 6.45) is -2.70. The highest BCUT2D eigenvalue weighted by atomic mass is 19.4. The zero-order valence-electron chi connectivity index (χ0n) is 9.87. The number of allylic oxidation sites excluding steroid dienone is 1. The Morgan fingerprint density at radius 1 is 1.21 bits per heavy atom. The first-order chi connectivity index (χ1) is 8.93. The van der Waals surface area contributed by atoms with Crippen molar-refractivity contribution in [3.8, 4) is 0 Å². The lowest BCUT2D eigenvalue weighted by Crippen LogP contribution is -2.08. The van der Waals surface area contributed by atoms with Crippen LogP contribution in [0.4, 0.5) is 13.2 Å². The third kappa shape index (κ3) is 2.65. The van der Waals surface area contributed by atoms with Crippen LogP contribution in [0.3, 0.4) is 0 Å². The van der Waals surface area contributed by atoms with Gasteiger partial charge in [0, 0.05) is 10.9 Å². The highest BCUT2D eigenvalue weighted by molar-refractivity contribution is 5.82. The second-order valence-electron chi connectivity index (χ2n) is 4.00. The number of benzene rings is 1. The molecule has 0 saturated carbocycles. The van der Waals surface area contributed by atoms with Crippen LogP contribution in [0.5, 0.6) is 0 Å². The smallest absolute Gasteiger partial charge is 0.267 e. The molecule has 0 radical (unpaired) electrons. The molecule has 2 rings (SSSR count). The Morgan fingerprint density at radius 3 is 2.58 bits per heavy atom. The Kier molecular flexibility index (Phi) is 3.38. The van der Waals surface area contributed by atoms with Gasteiger partial charge < -0.3 is 0 Å². The van der Waals surface area contributed by atoms with Crippen LogP contribution >= 0.6 is 0 Å². The van der Waals surface area contributed by atoms with Crippen LogP contribution in [-0.2, 0) is 12.6 Å². The van der Waals surface area contributed by atoms with Crippen LogP contribution in [0, 0.1) is 0 Å². The molecule has 0 unspecified atom stereocenters. The van der Waals surface area contributed by atoms with E-state index in [1.165, 1.54) is 30.3 Å². The Balaban J connectivity index is 2.82. The Labute approximate surface area is 107 Å². The maximum Gasteiger partial charge on any atom is 0.417 e. The quantitative estimate of drug-likeness (QED) is 0.779. The fourth-order valence-electron chi connectivity index (χ4n) is 1.82. The van der Waals surface area contributed by atoms with E-state index in [2.05, 4.69) is 11.6 Å². The van der Waals surface area contributed by atoms with Gasteiger partial charge in [0.05, 0.1) is 11.1 Å². The number of halogens is 3. The van der Waals surface area contributed by atoms with E-state index in [9.17, 15) is 18.0 Å². The van der Waals surface area contributed by atoms with Crippen molar-refractivity contribution in [1.82, 2.24) is 4.98 Å². The molecule has 0 N–H and O–H groups in total. The van der Waals surface area contributed by atoms with Gasteiger partial charge in [-0.2, -0.15) is 13.2 Å². The van der Waals surface area contributed by atoms with E-state index in [4.69, 9.17) is 0 Å². The average Bonchev–Trinajstić information content (AvgIpc) is 2.48. The molecule has 1 aromatic carbocycles. The summed E-state index contributed by atoms with van der Waals surface area (Å²) in [4.78, 5) is 15.5. The lowest BCUT2D eigenvalue weighted by molar-refractivity contribution is -0.136.